The summed E-state index contributed by atoms with van der Waals surface area (Å²) in [7, 11) is 0. The van der Waals surface area contributed by atoms with Crippen molar-refractivity contribution in [1.29, 1.82) is 0 Å². The number of carbonyl (C=O) groups excluding carboxylic acids is 2. The Kier molecular flexibility index (Phi) is 5.70. The number of ether oxygens (including phenoxy) is 1. The van der Waals surface area contributed by atoms with Crippen LogP contribution in [-0.4, -0.2) is 46.0 Å². The van der Waals surface area contributed by atoms with E-state index < -0.39 is 64.8 Å². The minimum Gasteiger partial charge on any atom is -0.444 e. The zero-order valence-corrected chi connectivity index (χ0v) is 14.8. The lowest BCUT2D eigenvalue weighted by Crippen LogP contribution is -2.43. The number of carbonyl (C=O) groups is 2. The maximum absolute atomic E-state index is 14.1. The van der Waals surface area contributed by atoms with Gasteiger partial charge in [-0.1, -0.05) is 0 Å². The first-order valence-corrected chi connectivity index (χ1v) is 8.00. The highest BCUT2D eigenvalue weighted by molar-refractivity contribution is 6.28. The van der Waals surface area contributed by atoms with Crippen LogP contribution in [-0.2, 0) is 9.53 Å². The molecule has 1 unspecified atom stereocenters. The molecular weight excluding hydrogens is 370 g/mol. The average Bonchev–Trinajstić information content (AvgIpc) is 2.97. The summed E-state index contributed by atoms with van der Waals surface area (Å²) in [6, 6.07) is -1.19. The summed E-state index contributed by atoms with van der Waals surface area (Å²) >= 11 is 0. The summed E-state index contributed by atoms with van der Waals surface area (Å²) in [4.78, 5) is 28.0. The Morgan fingerprint density at radius 3 is 2.26 bits per heavy atom. The van der Waals surface area contributed by atoms with E-state index in [2.05, 4.69) is 4.79 Å². The molecule has 1 aromatic carbocycles. The maximum atomic E-state index is 14.1. The van der Waals surface area contributed by atoms with E-state index in [4.69, 9.17) is 10.3 Å². The highest BCUT2D eigenvalue weighted by atomic mass is 19.2. The van der Waals surface area contributed by atoms with Crippen molar-refractivity contribution in [2.45, 2.75) is 44.8 Å². The monoisotopic (exact) mass is 387 g/mol. The summed E-state index contributed by atoms with van der Waals surface area (Å²) in [6.45, 7) is 4.31. The molecule has 1 aromatic rings. The molecular formula is C17H17F4N3O3. The molecule has 0 radical (unpaired) electrons. The number of hydrogen-bond donors (Lipinski definition) is 0. The summed E-state index contributed by atoms with van der Waals surface area (Å²) < 4.78 is 60.4. The van der Waals surface area contributed by atoms with Crippen molar-refractivity contribution in [2.75, 3.05) is 6.54 Å². The van der Waals surface area contributed by atoms with Crippen LogP contribution in [0.1, 0.15) is 38.7 Å². The second-order valence-electron chi connectivity index (χ2n) is 7.11. The molecule has 1 aliphatic heterocycles. The van der Waals surface area contributed by atoms with Crippen molar-refractivity contribution in [3.63, 3.8) is 0 Å². The van der Waals surface area contributed by atoms with Crippen LogP contribution in [0.2, 0.25) is 0 Å². The molecule has 0 saturated carbocycles. The number of ketones is 1. The molecule has 1 saturated heterocycles. The number of Topliss-reactive ketones (excluding diaryl/α,β-unsaturated/α-hetero) is 1. The maximum Gasteiger partial charge on any atom is 0.410 e. The van der Waals surface area contributed by atoms with Crippen molar-refractivity contribution in [3.05, 3.63) is 40.4 Å². The largest absolute Gasteiger partial charge is 0.444 e. The van der Waals surface area contributed by atoms with Crippen LogP contribution in [0, 0.1) is 23.3 Å². The molecule has 146 valence electrons. The zero-order valence-electron chi connectivity index (χ0n) is 14.8. The van der Waals surface area contributed by atoms with Gasteiger partial charge in [-0.05, 0) is 27.2 Å². The van der Waals surface area contributed by atoms with Gasteiger partial charge in [0.15, 0.2) is 23.3 Å². The van der Waals surface area contributed by atoms with Gasteiger partial charge in [-0.2, -0.15) is 4.79 Å². The molecule has 0 bridgehead atoms. The van der Waals surface area contributed by atoms with Crippen LogP contribution in [0.25, 0.3) is 5.53 Å². The Hall–Kier alpha value is -2.74. The predicted molar refractivity (Wildman–Crippen MR) is 85.1 cm³/mol. The van der Waals surface area contributed by atoms with E-state index in [0.717, 1.165) is 4.90 Å². The number of benzene rings is 1. The minimum atomic E-state index is -1.59. The predicted octanol–water partition coefficient (Wildman–Crippen LogP) is 3.21. The lowest BCUT2D eigenvalue weighted by Gasteiger charge is -2.27. The van der Waals surface area contributed by atoms with Gasteiger partial charge in [-0.15, -0.1) is 0 Å². The molecule has 1 heterocycles. The van der Waals surface area contributed by atoms with Crippen molar-refractivity contribution < 1.29 is 36.7 Å². The van der Waals surface area contributed by atoms with E-state index in [0.29, 0.717) is 6.21 Å². The highest BCUT2D eigenvalue weighted by Gasteiger charge is 2.44. The number of rotatable bonds is 3. The molecule has 2 rings (SSSR count). The van der Waals surface area contributed by atoms with E-state index in [1.54, 1.807) is 20.8 Å². The number of halogens is 4. The zero-order chi connectivity index (χ0) is 20.5. The molecule has 1 amide bonds. The van der Waals surface area contributed by atoms with Crippen LogP contribution in [0.4, 0.5) is 22.4 Å². The number of likely N-dealkylation sites (tertiary alicyclic amines) is 1. The minimum absolute atomic E-state index is 0.0792. The first kappa shape index (κ1) is 20.6. The third-order valence-corrected chi connectivity index (χ3v) is 4.00. The summed E-state index contributed by atoms with van der Waals surface area (Å²) in [5.41, 5.74) is 6.73. The Balaban J connectivity index is 2.44. The fourth-order valence-corrected chi connectivity index (χ4v) is 2.93. The number of hydrogen-bond acceptors (Lipinski definition) is 3. The van der Waals surface area contributed by atoms with Gasteiger partial charge in [0.25, 0.3) is 5.78 Å². The standard InChI is InChI=1S/C17H17F4N3O3/c1-17(2,3)27-16(26)24-7-8(4-11(24)12(25)6-23-22)13-14(20)9(18)5-10(19)15(13)21/h5-6,8,11H,4,7H2,1-3H3/t8-,11?/m0/s1. The molecule has 0 aliphatic carbocycles. The van der Waals surface area contributed by atoms with Crippen LogP contribution >= 0.6 is 0 Å². The van der Waals surface area contributed by atoms with Gasteiger partial charge in [-0.25, -0.2) is 22.4 Å². The smallest absolute Gasteiger partial charge is 0.410 e. The highest BCUT2D eigenvalue weighted by Crippen LogP contribution is 2.37. The molecule has 0 spiro atoms. The molecule has 2 atom stereocenters. The molecule has 0 N–H and O–H groups in total. The van der Waals surface area contributed by atoms with E-state index in [-0.39, 0.29) is 12.5 Å². The van der Waals surface area contributed by atoms with Crippen molar-refractivity contribution in [1.82, 2.24) is 4.90 Å². The van der Waals surface area contributed by atoms with Gasteiger partial charge in [-0.3, -0.25) is 9.69 Å². The summed E-state index contributed by atoms with van der Waals surface area (Å²) in [5, 5.41) is 0. The fourth-order valence-electron chi connectivity index (χ4n) is 2.93. The van der Waals surface area contributed by atoms with Gasteiger partial charge in [0.05, 0.1) is 0 Å². The normalized spacial score (nSPS) is 19.6. The summed E-state index contributed by atoms with van der Waals surface area (Å²) in [6.07, 6.45) is -0.753. The molecule has 1 aliphatic rings. The average molecular weight is 387 g/mol. The van der Waals surface area contributed by atoms with E-state index in [1.165, 1.54) is 0 Å². The first-order chi connectivity index (χ1) is 12.5. The molecule has 0 aromatic heterocycles. The Bertz CT molecular complexity index is 805. The van der Waals surface area contributed by atoms with E-state index >= 15 is 0 Å². The van der Waals surface area contributed by atoms with E-state index in [1.807, 2.05) is 0 Å². The Labute approximate surface area is 152 Å². The Morgan fingerprint density at radius 2 is 1.78 bits per heavy atom. The summed E-state index contributed by atoms with van der Waals surface area (Å²) in [5.74, 6) is -8.38. The van der Waals surface area contributed by atoms with Gasteiger partial charge in [0, 0.05) is 24.1 Å². The molecule has 6 nitrogen and oxygen atoms in total. The van der Waals surface area contributed by atoms with Crippen molar-refractivity contribution in [3.8, 4) is 0 Å². The van der Waals surface area contributed by atoms with Gasteiger partial charge in [0.2, 0.25) is 0 Å². The third kappa shape index (κ3) is 4.33. The second-order valence-corrected chi connectivity index (χ2v) is 7.11. The SMILES string of the molecule is CC(C)(C)OC(=O)N1C[C@@H](c2c(F)c(F)cc(F)c2F)CC1C(=O)C=[N+]=[N-]. The molecule has 10 heteroatoms. The second kappa shape index (κ2) is 7.48. The first-order valence-electron chi connectivity index (χ1n) is 8.00. The van der Waals surface area contributed by atoms with Gasteiger partial charge < -0.3 is 10.3 Å². The lowest BCUT2D eigenvalue weighted by molar-refractivity contribution is -0.120. The third-order valence-electron chi connectivity index (χ3n) is 4.00. The lowest BCUT2D eigenvalue weighted by atomic mass is 9.94. The van der Waals surface area contributed by atoms with Crippen molar-refractivity contribution >= 4 is 18.1 Å². The Morgan fingerprint density at radius 1 is 1.22 bits per heavy atom. The van der Waals surface area contributed by atoms with E-state index in [9.17, 15) is 27.2 Å². The number of nitrogens with zero attached hydrogens (tertiary/aromatic N) is 3. The van der Waals surface area contributed by atoms with Crippen LogP contribution in [0.5, 0.6) is 0 Å². The topological polar surface area (TPSA) is 83.0 Å². The van der Waals surface area contributed by atoms with Crippen molar-refractivity contribution in [2.24, 2.45) is 0 Å². The number of amides is 1. The fraction of sp³-hybridized carbons (Fsp3) is 0.471. The van der Waals surface area contributed by atoms with Crippen LogP contribution in [0.15, 0.2) is 6.07 Å². The van der Waals surface area contributed by atoms with Gasteiger partial charge in [0.1, 0.15) is 11.6 Å². The quantitative estimate of drug-likeness (QED) is 0.263. The van der Waals surface area contributed by atoms with Crippen LogP contribution < -0.4 is 0 Å². The molecule has 1 fully saturated rings. The molecule has 27 heavy (non-hydrogen) atoms. The van der Waals surface area contributed by atoms with Crippen LogP contribution in [0.3, 0.4) is 0 Å². The van der Waals surface area contributed by atoms with Gasteiger partial charge >= 0.3 is 12.3 Å².